The molecule has 0 saturated carbocycles. The monoisotopic (exact) mass is 276 g/mol. The second kappa shape index (κ2) is 5.41. The Labute approximate surface area is 123 Å². The van der Waals surface area contributed by atoms with Crippen molar-refractivity contribution in [2.45, 2.75) is 13.0 Å². The van der Waals surface area contributed by atoms with Crippen molar-refractivity contribution in [2.24, 2.45) is 0 Å². The molecule has 0 fully saturated rings. The van der Waals surface area contributed by atoms with Crippen molar-refractivity contribution in [1.29, 1.82) is 0 Å². The van der Waals surface area contributed by atoms with Crippen molar-refractivity contribution in [1.82, 2.24) is 0 Å². The number of benzene rings is 1. The number of hydrogen-bond donors (Lipinski definition) is 0. The third kappa shape index (κ3) is 2.52. The van der Waals surface area contributed by atoms with Crippen molar-refractivity contribution >= 4 is 24.2 Å². The van der Waals surface area contributed by atoms with Crippen molar-refractivity contribution < 1.29 is 9.53 Å². The molecule has 0 saturated heterocycles. The van der Waals surface area contributed by atoms with E-state index < -0.39 is 0 Å². The van der Waals surface area contributed by atoms with E-state index >= 15 is 0 Å². The molecule has 1 atom stereocenters. The van der Waals surface area contributed by atoms with Gasteiger partial charge in [-0.3, -0.25) is 0 Å². The summed E-state index contributed by atoms with van der Waals surface area (Å²) in [4.78, 5) is 11.9. The normalized spacial score (nSPS) is 17.9. The van der Waals surface area contributed by atoms with Crippen molar-refractivity contribution in [3.05, 3.63) is 76.2 Å². The van der Waals surface area contributed by atoms with Crippen molar-refractivity contribution in [3.63, 3.8) is 0 Å². The molecule has 0 N–H and O–H groups in total. The van der Waals surface area contributed by atoms with Gasteiger partial charge in [-0.1, -0.05) is 61.2 Å². The zero-order valence-electron chi connectivity index (χ0n) is 11.9. The molecule has 21 heavy (non-hydrogen) atoms. The molecule has 0 aromatic heterocycles. The molecule has 0 radical (unpaired) electrons. The highest BCUT2D eigenvalue weighted by Crippen LogP contribution is 2.23. The van der Waals surface area contributed by atoms with Gasteiger partial charge in [0.1, 0.15) is 6.10 Å². The summed E-state index contributed by atoms with van der Waals surface area (Å²) in [5.74, 6) is -0.366. The predicted molar refractivity (Wildman–Crippen MR) is 85.6 cm³/mol. The first-order valence-corrected chi connectivity index (χ1v) is 6.90. The fraction of sp³-hybridized carbons (Fsp3) is 0.105. The Bertz CT molecular complexity index is 820. The summed E-state index contributed by atoms with van der Waals surface area (Å²) in [6.45, 7) is 5.30. The number of ether oxygens (including phenoxy) is 1. The fourth-order valence-corrected chi connectivity index (χ4v) is 2.51. The van der Waals surface area contributed by atoms with Gasteiger partial charge < -0.3 is 4.74 Å². The number of esters is 1. The van der Waals surface area contributed by atoms with Gasteiger partial charge in [-0.05, 0) is 29.0 Å². The van der Waals surface area contributed by atoms with Gasteiger partial charge in [-0.25, -0.2) is 4.79 Å². The van der Waals surface area contributed by atoms with E-state index in [0.29, 0.717) is 5.57 Å². The summed E-state index contributed by atoms with van der Waals surface area (Å²) < 4.78 is 5.57. The third-order valence-electron chi connectivity index (χ3n) is 3.54. The second-order valence-corrected chi connectivity index (χ2v) is 5.14. The van der Waals surface area contributed by atoms with Crippen LogP contribution in [0.15, 0.2) is 54.7 Å². The van der Waals surface area contributed by atoms with Crippen LogP contribution >= 0.6 is 0 Å². The Kier molecular flexibility index (Phi) is 3.44. The van der Waals surface area contributed by atoms with E-state index in [4.69, 9.17) is 4.74 Å². The van der Waals surface area contributed by atoms with E-state index in [-0.39, 0.29) is 12.1 Å². The van der Waals surface area contributed by atoms with E-state index in [9.17, 15) is 4.79 Å². The first-order valence-electron chi connectivity index (χ1n) is 6.90. The van der Waals surface area contributed by atoms with Gasteiger partial charge in [0.25, 0.3) is 0 Å². The first kappa shape index (κ1) is 13.4. The van der Waals surface area contributed by atoms with Crippen LogP contribution in [-0.4, -0.2) is 5.97 Å². The standard InChI is InChI=1S/C19H16O2/c1-13(2)19(20)21-17-10-6-8-15-12-11-14-7-4-3-5-9-16(14)18(15)17/h3-12,17H,1H2,2H3. The van der Waals surface area contributed by atoms with Crippen molar-refractivity contribution in [3.8, 4) is 0 Å². The molecule has 0 heterocycles. The van der Waals surface area contributed by atoms with Gasteiger partial charge in [0.2, 0.25) is 0 Å². The lowest BCUT2D eigenvalue weighted by Crippen LogP contribution is -2.25. The third-order valence-corrected chi connectivity index (χ3v) is 3.54. The van der Waals surface area contributed by atoms with Crippen LogP contribution in [0.5, 0.6) is 0 Å². The van der Waals surface area contributed by atoms with Gasteiger partial charge in [0.15, 0.2) is 0 Å². The van der Waals surface area contributed by atoms with Gasteiger partial charge in [-0.15, -0.1) is 0 Å². The molecule has 2 heteroatoms. The molecule has 1 aromatic carbocycles. The minimum absolute atomic E-state index is 0.366. The summed E-state index contributed by atoms with van der Waals surface area (Å²) >= 11 is 0. The maximum absolute atomic E-state index is 11.9. The molecule has 3 rings (SSSR count). The van der Waals surface area contributed by atoms with Crippen LogP contribution in [0.3, 0.4) is 0 Å². The lowest BCUT2D eigenvalue weighted by molar-refractivity contribution is -0.142. The quantitative estimate of drug-likeness (QED) is 0.613. The van der Waals surface area contributed by atoms with E-state index in [0.717, 1.165) is 21.6 Å². The summed E-state index contributed by atoms with van der Waals surface area (Å²) in [6.07, 6.45) is 15.6. The first-order chi connectivity index (χ1) is 10.2. The maximum Gasteiger partial charge on any atom is 0.334 e. The van der Waals surface area contributed by atoms with Gasteiger partial charge in [-0.2, -0.15) is 0 Å². The molecule has 2 aliphatic rings. The molecular weight excluding hydrogens is 260 g/mol. The lowest BCUT2D eigenvalue weighted by Gasteiger charge is -2.20. The van der Waals surface area contributed by atoms with E-state index in [2.05, 4.69) is 30.9 Å². The number of fused-ring (bicyclic) bond motifs is 3. The molecule has 2 aliphatic carbocycles. The Balaban J connectivity index is 2.15. The van der Waals surface area contributed by atoms with Crippen LogP contribution in [0.4, 0.5) is 0 Å². The zero-order valence-corrected chi connectivity index (χ0v) is 11.9. The molecule has 104 valence electrons. The molecule has 1 aromatic rings. The van der Waals surface area contributed by atoms with E-state index in [1.165, 1.54) is 0 Å². The fourth-order valence-electron chi connectivity index (χ4n) is 2.51. The Hall–Kier alpha value is -2.61. The topological polar surface area (TPSA) is 26.3 Å². The number of hydrogen-bond acceptors (Lipinski definition) is 2. The van der Waals surface area contributed by atoms with Gasteiger partial charge >= 0.3 is 5.97 Å². The molecule has 0 bridgehead atoms. The number of carbonyl (C=O) groups is 1. The highest BCUT2D eigenvalue weighted by atomic mass is 16.5. The lowest BCUT2D eigenvalue weighted by atomic mass is 9.94. The molecule has 0 spiro atoms. The zero-order chi connectivity index (χ0) is 14.8. The predicted octanol–water partition coefficient (Wildman–Crippen LogP) is 2.56. The Morgan fingerprint density at radius 2 is 1.86 bits per heavy atom. The SMILES string of the molecule is C=C(C)C(=O)OC1C=CC=c2ccc3c(c21)C=CC=CC=3. The smallest absolute Gasteiger partial charge is 0.334 e. The second-order valence-electron chi connectivity index (χ2n) is 5.14. The molecule has 0 aliphatic heterocycles. The van der Waals surface area contributed by atoms with Crippen LogP contribution in [-0.2, 0) is 9.53 Å². The van der Waals surface area contributed by atoms with Gasteiger partial charge in [0, 0.05) is 11.1 Å². The molecule has 2 nitrogen and oxygen atoms in total. The number of rotatable bonds is 2. The van der Waals surface area contributed by atoms with Gasteiger partial charge in [0.05, 0.1) is 0 Å². The minimum Gasteiger partial charge on any atom is -0.450 e. The van der Waals surface area contributed by atoms with Crippen LogP contribution < -0.4 is 10.4 Å². The number of allylic oxidation sites excluding steroid dienone is 4. The summed E-state index contributed by atoms with van der Waals surface area (Å²) in [7, 11) is 0. The highest BCUT2D eigenvalue weighted by molar-refractivity contribution is 5.87. The summed E-state index contributed by atoms with van der Waals surface area (Å²) in [6, 6.07) is 4.14. The summed E-state index contributed by atoms with van der Waals surface area (Å²) in [5.41, 5.74) is 2.53. The molecule has 1 unspecified atom stereocenters. The maximum atomic E-state index is 11.9. The average molecular weight is 276 g/mol. The molecular formula is C19H16O2. The largest absolute Gasteiger partial charge is 0.450 e. The Morgan fingerprint density at radius 1 is 1.10 bits per heavy atom. The Morgan fingerprint density at radius 3 is 2.67 bits per heavy atom. The van der Waals surface area contributed by atoms with E-state index in [1.54, 1.807) is 6.92 Å². The van der Waals surface area contributed by atoms with E-state index in [1.807, 2.05) is 36.5 Å². The minimum atomic E-state index is -0.375. The van der Waals surface area contributed by atoms with Crippen LogP contribution in [0.1, 0.15) is 24.2 Å². The van der Waals surface area contributed by atoms with Crippen LogP contribution in [0.2, 0.25) is 0 Å². The number of carbonyl (C=O) groups excluding carboxylic acids is 1. The average Bonchev–Trinajstić information content (AvgIpc) is 2.72. The molecule has 0 amide bonds. The van der Waals surface area contributed by atoms with Crippen LogP contribution in [0.25, 0.3) is 18.2 Å². The van der Waals surface area contributed by atoms with Crippen molar-refractivity contribution in [2.75, 3.05) is 0 Å². The highest BCUT2D eigenvalue weighted by Gasteiger charge is 2.20. The van der Waals surface area contributed by atoms with Crippen LogP contribution in [0, 0.1) is 0 Å². The summed E-state index contributed by atoms with van der Waals surface area (Å²) in [5, 5.41) is 2.20.